The molecule has 14 heteroatoms. The Bertz CT molecular complexity index is 1400. The minimum Gasteiger partial charge on any atom is -0.394 e. The lowest BCUT2D eigenvalue weighted by Gasteiger charge is -2.72. The van der Waals surface area contributed by atoms with Crippen LogP contribution in [0.2, 0.25) is 0 Å². The predicted octanol–water partition coefficient (Wildman–Crippen LogP) is 1.12. The van der Waals surface area contributed by atoms with Gasteiger partial charge in [-0.05, 0) is 117 Å². The van der Waals surface area contributed by atoms with E-state index < -0.39 is 120 Å². The Labute approximate surface area is 331 Å². The predicted molar refractivity (Wildman–Crippen MR) is 202 cm³/mol. The number of hydrogen-bond donors (Lipinski definition) is 10. The van der Waals surface area contributed by atoms with Crippen molar-refractivity contribution in [3.8, 4) is 0 Å². The van der Waals surface area contributed by atoms with Gasteiger partial charge in [-0.3, -0.25) is 0 Å². The maximum atomic E-state index is 12.6. The van der Waals surface area contributed by atoms with Gasteiger partial charge in [-0.1, -0.05) is 46.3 Å². The smallest absolute Gasteiger partial charge is 0.187 e. The van der Waals surface area contributed by atoms with Crippen LogP contribution in [0.25, 0.3) is 0 Å². The zero-order valence-corrected chi connectivity index (χ0v) is 34.6. The maximum absolute atomic E-state index is 12.6. The van der Waals surface area contributed by atoms with Crippen molar-refractivity contribution in [1.29, 1.82) is 0 Å². The van der Waals surface area contributed by atoms with E-state index in [4.69, 9.17) is 18.9 Å². The van der Waals surface area contributed by atoms with E-state index in [0.29, 0.717) is 44.9 Å². The molecule has 6 rings (SSSR count). The number of fused-ring (bicyclic) bond motifs is 5. The van der Waals surface area contributed by atoms with Gasteiger partial charge in [0.1, 0.15) is 48.8 Å². The zero-order valence-electron chi connectivity index (χ0n) is 34.6. The number of aliphatic hydroxyl groups is 10. The van der Waals surface area contributed by atoms with Crippen LogP contribution >= 0.6 is 0 Å². The third-order valence-corrected chi connectivity index (χ3v) is 16.6. The number of rotatable bonds is 10. The van der Waals surface area contributed by atoms with Crippen LogP contribution in [-0.2, 0) is 18.9 Å². The average Bonchev–Trinajstić information content (AvgIpc) is 3.52. The van der Waals surface area contributed by atoms with E-state index in [1.165, 1.54) is 0 Å². The van der Waals surface area contributed by atoms with Crippen LogP contribution in [0.1, 0.15) is 107 Å². The van der Waals surface area contributed by atoms with Gasteiger partial charge < -0.3 is 70.0 Å². The lowest BCUT2D eigenvalue weighted by molar-refractivity contribution is -0.349. The van der Waals surface area contributed by atoms with Crippen LogP contribution in [0, 0.1) is 45.3 Å². The molecule has 0 radical (unpaired) electrons. The summed E-state index contributed by atoms with van der Waals surface area (Å²) in [6.07, 6.45) is -9.52. The molecule has 324 valence electrons. The van der Waals surface area contributed by atoms with Gasteiger partial charge in [-0.25, -0.2) is 0 Å². The molecule has 14 nitrogen and oxygen atoms in total. The molecule has 0 spiro atoms. The molecule has 0 amide bonds. The fraction of sp³-hybridized carbons (Fsp3) is 0.952. The van der Waals surface area contributed by atoms with Crippen molar-refractivity contribution in [2.24, 2.45) is 45.3 Å². The topological polar surface area (TPSA) is 239 Å². The van der Waals surface area contributed by atoms with E-state index in [1.807, 2.05) is 34.6 Å². The van der Waals surface area contributed by atoms with Crippen molar-refractivity contribution in [2.45, 2.75) is 192 Å². The SMILES string of the molecule is CC(C)=CCC[C@](C)(O[C@@H]1OC(CO)[C@@H](O)[C@H](O)C1O)C1CC[C@]2(C)C1[C@H](O)CC1[C@@]3(C)CC[C@H](O)C(C)(C)C3[C@@H](O[C@@H]3OC(CO)[C@@H](O)[C@H](O)C3O)C[C@]12C. The monoisotopic (exact) mass is 800 g/mol. The zero-order chi connectivity index (χ0) is 41.5. The van der Waals surface area contributed by atoms with Gasteiger partial charge in [0.05, 0.1) is 37.1 Å². The third-order valence-electron chi connectivity index (χ3n) is 16.6. The van der Waals surface area contributed by atoms with Crippen LogP contribution in [-0.4, -0.2) is 150 Å². The molecule has 8 unspecified atom stereocenters. The van der Waals surface area contributed by atoms with Crippen molar-refractivity contribution in [3.63, 3.8) is 0 Å². The van der Waals surface area contributed by atoms with Crippen LogP contribution in [0.15, 0.2) is 11.6 Å². The first-order valence-electron chi connectivity index (χ1n) is 21.0. The minimum atomic E-state index is -1.61. The van der Waals surface area contributed by atoms with Gasteiger partial charge in [-0.2, -0.15) is 0 Å². The van der Waals surface area contributed by atoms with Crippen LogP contribution in [0.4, 0.5) is 0 Å². The van der Waals surface area contributed by atoms with E-state index in [-0.39, 0.29) is 23.7 Å². The van der Waals surface area contributed by atoms with E-state index >= 15 is 0 Å². The summed E-state index contributed by atoms with van der Waals surface area (Å²) >= 11 is 0. The normalized spacial score (nSPS) is 52.6. The molecule has 0 aromatic rings. The number of hydrogen-bond acceptors (Lipinski definition) is 14. The first-order valence-corrected chi connectivity index (χ1v) is 21.0. The summed E-state index contributed by atoms with van der Waals surface area (Å²) in [5.74, 6) is -0.781. The second kappa shape index (κ2) is 15.9. The third kappa shape index (κ3) is 7.06. The summed E-state index contributed by atoms with van der Waals surface area (Å²) in [5, 5.41) is 109. The maximum Gasteiger partial charge on any atom is 0.187 e. The molecule has 2 saturated heterocycles. The summed E-state index contributed by atoms with van der Waals surface area (Å²) in [7, 11) is 0. The highest BCUT2D eigenvalue weighted by atomic mass is 16.7. The number of ether oxygens (including phenoxy) is 4. The molecule has 6 fully saturated rings. The Hall–Kier alpha value is -0.820. The quantitative estimate of drug-likeness (QED) is 0.110. The van der Waals surface area contributed by atoms with E-state index in [0.717, 1.165) is 12.0 Å². The molecule has 4 aliphatic carbocycles. The minimum absolute atomic E-state index is 0.000258. The number of aliphatic hydroxyl groups excluding tert-OH is 10. The van der Waals surface area contributed by atoms with Crippen LogP contribution in [0.5, 0.6) is 0 Å². The molecule has 2 aliphatic heterocycles. The van der Waals surface area contributed by atoms with Gasteiger partial charge in [0.2, 0.25) is 0 Å². The standard InChI is InChI=1S/C42H72O14/c1-20(2)10-9-13-42(8,56-37-34(52)32(50)30(48)25(19-44)55-37)21-11-15-40(6)28(21)22(45)16-26-39(5)14-12-27(46)38(3,4)35(39)23(17-41(26,40)7)53-36-33(51)31(49)29(47)24(18-43)54-36/h10,21-37,43-52H,9,11-19H2,1-8H3/t21?,22-,23+,24?,25?,26?,27+,28?,29-,30-,31+,32+,33?,34?,35?,36-,37+,39-,40-,41-,42+/m1/s1. The molecule has 0 aromatic heterocycles. The molecule has 56 heavy (non-hydrogen) atoms. The Balaban J connectivity index is 1.39. The van der Waals surface area contributed by atoms with Crippen LogP contribution in [0.3, 0.4) is 0 Å². The summed E-state index contributed by atoms with van der Waals surface area (Å²) < 4.78 is 25.4. The second-order valence-corrected chi connectivity index (χ2v) is 20.2. The fourth-order valence-corrected chi connectivity index (χ4v) is 13.5. The van der Waals surface area contributed by atoms with Crippen molar-refractivity contribution >= 4 is 0 Å². The van der Waals surface area contributed by atoms with E-state index in [2.05, 4.69) is 26.8 Å². The summed E-state index contributed by atoms with van der Waals surface area (Å²) in [5.41, 5.74) is -1.92. The Morgan fingerprint density at radius 3 is 1.89 bits per heavy atom. The first kappa shape index (κ1) is 44.7. The molecule has 0 aromatic carbocycles. The van der Waals surface area contributed by atoms with Crippen molar-refractivity contribution < 1.29 is 70.0 Å². The van der Waals surface area contributed by atoms with Crippen molar-refractivity contribution in [1.82, 2.24) is 0 Å². The highest BCUT2D eigenvalue weighted by Crippen LogP contribution is 2.76. The van der Waals surface area contributed by atoms with Crippen molar-refractivity contribution in [3.05, 3.63) is 11.6 Å². The molecule has 21 atom stereocenters. The highest BCUT2D eigenvalue weighted by Gasteiger charge is 2.74. The Kier molecular flexibility index (Phi) is 12.7. The van der Waals surface area contributed by atoms with Gasteiger partial charge in [0.25, 0.3) is 0 Å². The molecule has 6 aliphatic rings. The van der Waals surface area contributed by atoms with Gasteiger partial charge in [0.15, 0.2) is 12.6 Å². The number of allylic oxidation sites excluding steroid dienone is 2. The molecular formula is C42H72O14. The van der Waals surface area contributed by atoms with Gasteiger partial charge in [0, 0.05) is 0 Å². The largest absolute Gasteiger partial charge is 0.394 e. The van der Waals surface area contributed by atoms with Crippen LogP contribution < -0.4 is 0 Å². The molecule has 10 N–H and O–H groups in total. The van der Waals surface area contributed by atoms with E-state index in [9.17, 15) is 51.1 Å². The average molecular weight is 801 g/mol. The highest BCUT2D eigenvalue weighted by molar-refractivity contribution is 5.22. The Morgan fingerprint density at radius 1 is 0.750 bits per heavy atom. The summed E-state index contributed by atoms with van der Waals surface area (Å²) in [4.78, 5) is 0. The lowest BCUT2D eigenvalue weighted by atomic mass is 9.34. The van der Waals surface area contributed by atoms with E-state index in [1.54, 1.807) is 0 Å². The fourth-order valence-electron chi connectivity index (χ4n) is 13.5. The molecular weight excluding hydrogens is 728 g/mol. The molecule has 4 saturated carbocycles. The van der Waals surface area contributed by atoms with Gasteiger partial charge >= 0.3 is 0 Å². The summed E-state index contributed by atoms with van der Waals surface area (Å²) in [6.45, 7) is 15.7. The first-order chi connectivity index (χ1) is 26.0. The second-order valence-electron chi connectivity index (χ2n) is 20.2. The van der Waals surface area contributed by atoms with Crippen molar-refractivity contribution in [2.75, 3.05) is 13.2 Å². The van der Waals surface area contributed by atoms with Gasteiger partial charge in [-0.15, -0.1) is 0 Å². The lowest BCUT2D eigenvalue weighted by Crippen LogP contribution is -2.71. The summed E-state index contributed by atoms with van der Waals surface area (Å²) in [6, 6.07) is 0. The Morgan fingerprint density at radius 2 is 1.32 bits per heavy atom. The molecule has 0 bridgehead atoms. The molecule has 2 heterocycles.